The molecule has 0 aromatic heterocycles. The minimum atomic E-state index is -0.292. The summed E-state index contributed by atoms with van der Waals surface area (Å²) in [6, 6.07) is 5.67. The highest BCUT2D eigenvalue weighted by Gasteiger charge is 2.18. The molecule has 2 nitrogen and oxygen atoms in total. The summed E-state index contributed by atoms with van der Waals surface area (Å²) in [6.45, 7) is 6.25. The summed E-state index contributed by atoms with van der Waals surface area (Å²) in [7, 11) is 0. The third-order valence-electron chi connectivity index (χ3n) is 3.74. The molecule has 0 amide bonds. The second kappa shape index (κ2) is 7.22. The molecule has 1 heterocycles. The van der Waals surface area contributed by atoms with E-state index in [1.165, 1.54) is 13.0 Å². The Labute approximate surface area is 119 Å². The van der Waals surface area contributed by atoms with Crippen LogP contribution >= 0.6 is 11.6 Å². The van der Waals surface area contributed by atoms with Crippen LogP contribution in [0.5, 0.6) is 0 Å². The highest BCUT2D eigenvalue weighted by atomic mass is 35.5. The molecule has 0 radical (unpaired) electrons. The van der Waals surface area contributed by atoms with E-state index in [1.807, 2.05) is 0 Å². The Kier molecular flexibility index (Phi) is 5.61. The van der Waals surface area contributed by atoms with Crippen LogP contribution in [0, 0.1) is 5.82 Å². The highest BCUT2D eigenvalue weighted by molar-refractivity contribution is 6.30. The Morgan fingerprint density at radius 1 is 1.37 bits per heavy atom. The number of benzene rings is 1. The van der Waals surface area contributed by atoms with E-state index in [9.17, 15) is 4.39 Å². The fourth-order valence-electron chi connectivity index (χ4n) is 2.62. The maximum absolute atomic E-state index is 13.7. The van der Waals surface area contributed by atoms with Crippen LogP contribution in [0.3, 0.4) is 0 Å². The first-order valence-electron chi connectivity index (χ1n) is 7.09. The molecule has 1 saturated heterocycles. The standard InChI is InChI=1S/C15H22ClFN2/c1-2-8-19-9-6-13(7-10-19)18-11-12-4-3-5-14(16)15(12)17/h3-5,13,18H,2,6-11H2,1H3. The van der Waals surface area contributed by atoms with Crippen LogP contribution < -0.4 is 5.32 Å². The highest BCUT2D eigenvalue weighted by Crippen LogP contribution is 2.18. The summed E-state index contributed by atoms with van der Waals surface area (Å²) in [4.78, 5) is 2.50. The van der Waals surface area contributed by atoms with Gasteiger partial charge in [-0.2, -0.15) is 0 Å². The lowest BCUT2D eigenvalue weighted by atomic mass is 10.0. The zero-order valence-corrected chi connectivity index (χ0v) is 12.2. The Morgan fingerprint density at radius 2 is 2.11 bits per heavy atom. The monoisotopic (exact) mass is 284 g/mol. The summed E-state index contributed by atoms with van der Waals surface area (Å²) >= 11 is 5.78. The topological polar surface area (TPSA) is 15.3 Å². The SMILES string of the molecule is CCCN1CCC(NCc2cccc(Cl)c2F)CC1. The Bertz CT molecular complexity index is 403. The average Bonchev–Trinajstić information content (AvgIpc) is 2.42. The normalized spacial score (nSPS) is 17.8. The number of rotatable bonds is 5. The number of likely N-dealkylation sites (tertiary alicyclic amines) is 1. The first-order valence-corrected chi connectivity index (χ1v) is 7.47. The molecule has 0 saturated carbocycles. The Hall–Kier alpha value is -0.640. The molecule has 1 N–H and O–H groups in total. The molecule has 1 fully saturated rings. The third kappa shape index (κ3) is 4.16. The molecule has 0 unspecified atom stereocenters. The molecule has 2 rings (SSSR count). The molecular formula is C15H22ClFN2. The van der Waals surface area contributed by atoms with E-state index < -0.39 is 0 Å². The molecular weight excluding hydrogens is 263 g/mol. The van der Waals surface area contributed by atoms with Crippen LogP contribution in [0.15, 0.2) is 18.2 Å². The minimum Gasteiger partial charge on any atom is -0.310 e. The quantitative estimate of drug-likeness (QED) is 0.891. The maximum atomic E-state index is 13.7. The Morgan fingerprint density at radius 3 is 2.79 bits per heavy atom. The maximum Gasteiger partial charge on any atom is 0.146 e. The van der Waals surface area contributed by atoms with Crippen LogP contribution in [0.25, 0.3) is 0 Å². The summed E-state index contributed by atoms with van der Waals surface area (Å²) in [5.74, 6) is -0.292. The fraction of sp³-hybridized carbons (Fsp3) is 0.600. The van der Waals surface area contributed by atoms with Crippen LogP contribution in [0.4, 0.5) is 4.39 Å². The zero-order chi connectivity index (χ0) is 13.7. The molecule has 19 heavy (non-hydrogen) atoms. The number of piperidine rings is 1. The van der Waals surface area contributed by atoms with E-state index >= 15 is 0 Å². The van der Waals surface area contributed by atoms with Crippen molar-refractivity contribution in [1.29, 1.82) is 0 Å². The van der Waals surface area contributed by atoms with Gasteiger partial charge in [0.1, 0.15) is 5.82 Å². The second-order valence-electron chi connectivity index (χ2n) is 5.21. The van der Waals surface area contributed by atoms with Gasteiger partial charge < -0.3 is 10.2 Å². The van der Waals surface area contributed by atoms with Gasteiger partial charge in [0, 0.05) is 18.2 Å². The summed E-state index contributed by atoms with van der Waals surface area (Å²) in [5, 5.41) is 3.65. The van der Waals surface area contributed by atoms with Gasteiger partial charge in [-0.3, -0.25) is 0 Å². The smallest absolute Gasteiger partial charge is 0.146 e. The predicted octanol–water partition coefficient (Wildman–Crippen LogP) is 3.44. The number of hydrogen-bond acceptors (Lipinski definition) is 2. The van der Waals surface area contributed by atoms with Crippen molar-refractivity contribution < 1.29 is 4.39 Å². The van der Waals surface area contributed by atoms with Crippen molar-refractivity contribution >= 4 is 11.6 Å². The predicted molar refractivity (Wildman–Crippen MR) is 78.0 cm³/mol. The molecule has 1 aromatic rings. The summed E-state index contributed by atoms with van der Waals surface area (Å²) < 4.78 is 13.7. The summed E-state index contributed by atoms with van der Waals surface area (Å²) in [6.07, 6.45) is 3.50. The van der Waals surface area contributed by atoms with Crippen molar-refractivity contribution in [2.45, 2.75) is 38.8 Å². The van der Waals surface area contributed by atoms with Gasteiger partial charge in [0.25, 0.3) is 0 Å². The molecule has 1 aliphatic heterocycles. The van der Waals surface area contributed by atoms with Crippen molar-refractivity contribution in [3.8, 4) is 0 Å². The van der Waals surface area contributed by atoms with Gasteiger partial charge >= 0.3 is 0 Å². The number of hydrogen-bond donors (Lipinski definition) is 1. The molecule has 0 spiro atoms. The average molecular weight is 285 g/mol. The van der Waals surface area contributed by atoms with Gasteiger partial charge in [-0.05, 0) is 45.0 Å². The molecule has 1 aromatic carbocycles. The lowest BCUT2D eigenvalue weighted by Crippen LogP contribution is -2.42. The minimum absolute atomic E-state index is 0.206. The van der Waals surface area contributed by atoms with Gasteiger partial charge in [-0.25, -0.2) is 4.39 Å². The number of nitrogens with one attached hydrogen (secondary N) is 1. The van der Waals surface area contributed by atoms with Crippen LogP contribution in [0.1, 0.15) is 31.7 Å². The number of halogens is 2. The van der Waals surface area contributed by atoms with Gasteiger partial charge in [0.2, 0.25) is 0 Å². The van der Waals surface area contributed by atoms with Crippen molar-refractivity contribution in [3.05, 3.63) is 34.6 Å². The lowest BCUT2D eigenvalue weighted by Gasteiger charge is -2.32. The Balaban J connectivity index is 1.79. The summed E-state index contributed by atoms with van der Waals surface area (Å²) in [5.41, 5.74) is 0.656. The molecule has 0 atom stereocenters. The first kappa shape index (κ1) is 14.8. The first-order chi connectivity index (χ1) is 9.20. The van der Waals surface area contributed by atoms with Gasteiger partial charge in [-0.1, -0.05) is 30.7 Å². The molecule has 0 bridgehead atoms. The molecule has 106 valence electrons. The molecule has 1 aliphatic rings. The van der Waals surface area contributed by atoms with Gasteiger partial charge in [0.05, 0.1) is 5.02 Å². The zero-order valence-electron chi connectivity index (χ0n) is 11.5. The van der Waals surface area contributed by atoms with E-state index in [0.717, 1.165) is 25.9 Å². The van der Waals surface area contributed by atoms with Crippen LogP contribution in [-0.4, -0.2) is 30.6 Å². The largest absolute Gasteiger partial charge is 0.310 e. The van der Waals surface area contributed by atoms with Crippen molar-refractivity contribution in [2.75, 3.05) is 19.6 Å². The van der Waals surface area contributed by atoms with Crippen LogP contribution in [0.2, 0.25) is 5.02 Å². The number of nitrogens with zero attached hydrogens (tertiary/aromatic N) is 1. The molecule has 0 aliphatic carbocycles. The molecule has 4 heteroatoms. The second-order valence-corrected chi connectivity index (χ2v) is 5.62. The van der Waals surface area contributed by atoms with E-state index in [-0.39, 0.29) is 10.8 Å². The van der Waals surface area contributed by atoms with Crippen molar-refractivity contribution in [2.24, 2.45) is 0 Å². The lowest BCUT2D eigenvalue weighted by molar-refractivity contribution is 0.197. The fourth-order valence-corrected chi connectivity index (χ4v) is 2.81. The third-order valence-corrected chi connectivity index (χ3v) is 4.03. The van der Waals surface area contributed by atoms with E-state index in [4.69, 9.17) is 11.6 Å². The van der Waals surface area contributed by atoms with E-state index in [1.54, 1.807) is 18.2 Å². The van der Waals surface area contributed by atoms with Crippen molar-refractivity contribution in [3.63, 3.8) is 0 Å². The van der Waals surface area contributed by atoms with Crippen LogP contribution in [-0.2, 0) is 6.54 Å². The van der Waals surface area contributed by atoms with Gasteiger partial charge in [0.15, 0.2) is 0 Å². The van der Waals surface area contributed by atoms with Crippen molar-refractivity contribution in [1.82, 2.24) is 10.2 Å². The van der Waals surface area contributed by atoms with Gasteiger partial charge in [-0.15, -0.1) is 0 Å². The van der Waals surface area contributed by atoms with E-state index in [0.29, 0.717) is 18.2 Å². The van der Waals surface area contributed by atoms with E-state index in [2.05, 4.69) is 17.1 Å².